The summed E-state index contributed by atoms with van der Waals surface area (Å²) in [6.07, 6.45) is 0. The van der Waals surface area contributed by atoms with Gasteiger partial charge in [-0.05, 0) is 5.16 Å². The maximum Gasteiger partial charge on any atom is 0.340 e. The average Bonchev–Trinajstić information content (AvgIpc) is 1.68. The van der Waals surface area contributed by atoms with Gasteiger partial charge < -0.3 is 15.4 Å². The molecule has 5 heteroatoms. The molecular weight excluding hydrogens is 98.0 g/mol. The molecule has 0 heterocycles. The highest BCUT2D eigenvalue weighted by Crippen LogP contribution is 1.65. The normalized spacial score (nSPS) is 10.9. The van der Waals surface area contributed by atoms with Crippen LogP contribution in [0.15, 0.2) is 5.16 Å². The van der Waals surface area contributed by atoms with E-state index < -0.39 is 0 Å². The van der Waals surface area contributed by atoms with Gasteiger partial charge in [0.05, 0.1) is 0 Å². The molecule has 0 spiro atoms. The third-order valence-corrected chi connectivity index (χ3v) is 0.302. The number of amidine groups is 1. The van der Waals surface area contributed by atoms with Crippen LogP contribution in [0.4, 0.5) is 0 Å². The fraction of sp³-hybridized carbons (Fsp3) is 0.500. The van der Waals surface area contributed by atoms with Crippen LogP contribution in [-0.4, -0.2) is 13.1 Å². The Morgan fingerprint density at radius 1 is 1.71 bits per heavy atom. The predicted octanol–water partition coefficient (Wildman–Crippen LogP) is -1.25. The van der Waals surface area contributed by atoms with Crippen LogP contribution in [0, 0.1) is 0 Å². The van der Waals surface area contributed by atoms with Crippen LogP contribution < -0.4 is 11.6 Å². The molecule has 4 N–H and O–H groups in total. The van der Waals surface area contributed by atoms with Gasteiger partial charge in [0.15, 0.2) is 0 Å². The van der Waals surface area contributed by atoms with Gasteiger partial charge in [0.25, 0.3) is 0 Å². The van der Waals surface area contributed by atoms with Gasteiger partial charge >= 0.3 is 6.02 Å². The number of nitrogens with two attached hydrogens (primary N) is 2. The molecule has 0 aliphatic heterocycles. The monoisotopic (exact) mass is 105 g/mol. The molecule has 7 heavy (non-hydrogen) atoms. The number of rotatable bonds is 1. The third kappa shape index (κ3) is 2.84. The van der Waals surface area contributed by atoms with Gasteiger partial charge in [-0.3, -0.25) is 0 Å². The van der Waals surface area contributed by atoms with Gasteiger partial charge in [-0.2, -0.15) is 5.90 Å². The van der Waals surface area contributed by atoms with E-state index in [-0.39, 0.29) is 6.02 Å². The van der Waals surface area contributed by atoms with Crippen LogP contribution in [0.3, 0.4) is 0 Å². The van der Waals surface area contributed by atoms with Gasteiger partial charge in [0.1, 0.15) is 7.11 Å². The van der Waals surface area contributed by atoms with E-state index in [1.165, 1.54) is 7.11 Å². The average molecular weight is 105 g/mol. The molecule has 0 aliphatic rings. The van der Waals surface area contributed by atoms with E-state index in [4.69, 9.17) is 5.73 Å². The lowest BCUT2D eigenvalue weighted by atomic mass is 11.2. The van der Waals surface area contributed by atoms with Gasteiger partial charge in [-0.25, -0.2) is 0 Å². The predicted molar refractivity (Wildman–Crippen MR) is 23.9 cm³/mol. The maximum atomic E-state index is 4.86. The summed E-state index contributed by atoms with van der Waals surface area (Å²) in [5, 5.41) is 3.09. The maximum absolute atomic E-state index is 4.86. The van der Waals surface area contributed by atoms with Gasteiger partial charge in [0.2, 0.25) is 0 Å². The molecule has 0 unspecified atom stereocenters. The number of nitrogens with zero attached hydrogens (tertiary/aromatic N) is 1. The van der Waals surface area contributed by atoms with Crippen LogP contribution >= 0.6 is 0 Å². The van der Waals surface area contributed by atoms with Gasteiger partial charge in [-0.15, -0.1) is 0 Å². The highest BCUT2D eigenvalue weighted by Gasteiger charge is 1.81. The van der Waals surface area contributed by atoms with Crippen LogP contribution in [0.5, 0.6) is 0 Å². The van der Waals surface area contributed by atoms with Crippen molar-refractivity contribution < 1.29 is 9.68 Å². The molecule has 0 aromatic heterocycles. The molecule has 0 bridgehead atoms. The SMILES string of the molecule is CO/N=C(\N)ON. The number of oxime groups is 1. The molecule has 0 atom stereocenters. The Hall–Kier alpha value is -0.970. The van der Waals surface area contributed by atoms with E-state index in [0.29, 0.717) is 0 Å². The molecule has 0 aliphatic carbocycles. The fourth-order valence-electron chi connectivity index (χ4n) is 0.111. The van der Waals surface area contributed by atoms with Crippen molar-refractivity contribution >= 4 is 6.02 Å². The van der Waals surface area contributed by atoms with Crippen LogP contribution in [0.25, 0.3) is 0 Å². The standard InChI is InChI=1S/C2H7N3O2/c1-6-5-2(3)7-4/h4H2,1H3,(H2,3,5). The van der Waals surface area contributed by atoms with E-state index in [1.807, 2.05) is 0 Å². The molecule has 0 rings (SSSR count). The molecule has 0 radical (unpaired) electrons. The first-order valence-electron chi connectivity index (χ1n) is 1.54. The topological polar surface area (TPSA) is 82.9 Å². The second kappa shape index (κ2) is 3.23. The summed E-state index contributed by atoms with van der Waals surface area (Å²) >= 11 is 0. The van der Waals surface area contributed by atoms with Crippen molar-refractivity contribution in [3.05, 3.63) is 0 Å². The van der Waals surface area contributed by atoms with Crippen molar-refractivity contribution in [1.29, 1.82) is 0 Å². The summed E-state index contributed by atoms with van der Waals surface area (Å²) in [5.74, 6) is 4.52. The smallest absolute Gasteiger partial charge is 0.340 e. The Kier molecular flexibility index (Phi) is 2.78. The minimum absolute atomic E-state index is 0.192. The summed E-state index contributed by atoms with van der Waals surface area (Å²) in [5.41, 5.74) is 4.86. The first-order valence-corrected chi connectivity index (χ1v) is 1.54. The van der Waals surface area contributed by atoms with Crippen LogP contribution in [-0.2, 0) is 9.68 Å². The van der Waals surface area contributed by atoms with Crippen molar-refractivity contribution in [2.75, 3.05) is 7.11 Å². The Labute approximate surface area is 40.8 Å². The van der Waals surface area contributed by atoms with Gasteiger partial charge in [-0.1, -0.05) is 0 Å². The van der Waals surface area contributed by atoms with Crippen molar-refractivity contribution in [2.24, 2.45) is 16.8 Å². The molecule has 0 fully saturated rings. The molecular formula is C2H7N3O2. The summed E-state index contributed by atoms with van der Waals surface area (Å²) < 4.78 is 0. The van der Waals surface area contributed by atoms with Crippen molar-refractivity contribution in [3.8, 4) is 0 Å². The summed E-state index contributed by atoms with van der Waals surface area (Å²) in [7, 11) is 1.34. The highest BCUT2D eigenvalue weighted by atomic mass is 16.7. The lowest BCUT2D eigenvalue weighted by Gasteiger charge is -1.90. The Morgan fingerprint density at radius 2 is 2.29 bits per heavy atom. The third-order valence-electron chi connectivity index (χ3n) is 0.302. The first kappa shape index (κ1) is 6.03. The number of hydrogen-bond acceptors (Lipinski definition) is 4. The van der Waals surface area contributed by atoms with Gasteiger partial charge in [0, 0.05) is 0 Å². The Bertz CT molecular complexity index is 71.3. The first-order chi connectivity index (χ1) is 3.31. The Balaban J connectivity index is 3.29. The zero-order chi connectivity index (χ0) is 5.70. The molecule has 0 saturated carbocycles. The van der Waals surface area contributed by atoms with Crippen molar-refractivity contribution in [2.45, 2.75) is 0 Å². The molecule has 0 amide bonds. The van der Waals surface area contributed by atoms with Crippen molar-refractivity contribution in [1.82, 2.24) is 0 Å². The fourth-order valence-corrected chi connectivity index (χ4v) is 0.111. The van der Waals surface area contributed by atoms with E-state index in [2.05, 4.69) is 20.7 Å². The van der Waals surface area contributed by atoms with E-state index in [9.17, 15) is 0 Å². The molecule has 0 aromatic carbocycles. The van der Waals surface area contributed by atoms with Crippen LogP contribution in [0.2, 0.25) is 0 Å². The molecule has 5 nitrogen and oxygen atoms in total. The quantitative estimate of drug-likeness (QED) is 0.248. The second-order valence-electron chi connectivity index (χ2n) is 0.730. The summed E-state index contributed by atoms with van der Waals surface area (Å²) in [6, 6.07) is -0.192. The summed E-state index contributed by atoms with van der Waals surface area (Å²) in [6.45, 7) is 0. The number of hydrogen-bond donors (Lipinski definition) is 2. The largest absolute Gasteiger partial charge is 0.395 e. The van der Waals surface area contributed by atoms with Crippen LogP contribution in [0.1, 0.15) is 0 Å². The zero-order valence-electron chi connectivity index (χ0n) is 3.92. The lowest BCUT2D eigenvalue weighted by molar-refractivity contribution is 0.190. The lowest BCUT2D eigenvalue weighted by Crippen LogP contribution is -2.19. The van der Waals surface area contributed by atoms with Crippen molar-refractivity contribution in [3.63, 3.8) is 0 Å². The van der Waals surface area contributed by atoms with E-state index >= 15 is 0 Å². The minimum atomic E-state index is -0.192. The van der Waals surface area contributed by atoms with E-state index in [1.54, 1.807) is 0 Å². The molecule has 0 saturated heterocycles. The molecule has 42 valence electrons. The zero-order valence-corrected chi connectivity index (χ0v) is 3.92. The van der Waals surface area contributed by atoms with E-state index in [0.717, 1.165) is 0 Å². The molecule has 0 aromatic rings. The highest BCUT2D eigenvalue weighted by molar-refractivity contribution is 5.70. The minimum Gasteiger partial charge on any atom is -0.395 e. The Morgan fingerprint density at radius 3 is 2.43 bits per heavy atom. The summed E-state index contributed by atoms with van der Waals surface area (Å²) in [4.78, 5) is 8.05. The second-order valence-corrected chi connectivity index (χ2v) is 0.730.